The number of likely N-dealkylation sites (N-methyl/N-ethyl adjacent to an activating group) is 1. The Hall–Kier alpha value is -0.290. The van der Waals surface area contributed by atoms with Crippen LogP contribution in [0.5, 0.6) is 0 Å². The molecule has 0 aromatic carbocycles. The average Bonchev–Trinajstić information content (AvgIpc) is 2.48. The van der Waals surface area contributed by atoms with E-state index in [0.29, 0.717) is 19.1 Å². The summed E-state index contributed by atoms with van der Waals surface area (Å²) in [6.45, 7) is 2.49. The normalized spacial score (nSPS) is 26.6. The summed E-state index contributed by atoms with van der Waals surface area (Å²) in [4.78, 5) is 1.31. The Labute approximate surface area is 95.2 Å². The van der Waals surface area contributed by atoms with E-state index in [4.69, 9.17) is 0 Å². The van der Waals surface area contributed by atoms with Crippen molar-refractivity contribution in [1.82, 2.24) is 10.2 Å². The van der Waals surface area contributed by atoms with Crippen LogP contribution in [0.2, 0.25) is 0 Å². The topological polar surface area (TPSA) is 15.3 Å². The fourth-order valence-corrected chi connectivity index (χ4v) is 2.24. The van der Waals surface area contributed by atoms with E-state index in [-0.39, 0.29) is 0 Å². The van der Waals surface area contributed by atoms with Crippen molar-refractivity contribution in [2.45, 2.75) is 38.4 Å². The Balaban J connectivity index is 2.06. The van der Waals surface area contributed by atoms with E-state index in [1.54, 1.807) is 0 Å². The molecule has 0 radical (unpaired) electrons. The number of nitrogens with one attached hydrogen (secondary N) is 1. The van der Waals surface area contributed by atoms with Gasteiger partial charge in [-0.3, -0.25) is 4.90 Å². The van der Waals surface area contributed by atoms with E-state index in [1.807, 2.05) is 0 Å². The largest absolute Gasteiger partial charge is 0.401 e. The van der Waals surface area contributed by atoms with Gasteiger partial charge in [0.25, 0.3) is 0 Å². The standard InChI is InChI=1S/C11H21F3N2/c1-9-3-4-10(7-9)15-5-6-16(2)8-11(12,13)14/h9-10,15H,3-8H2,1-2H3. The summed E-state index contributed by atoms with van der Waals surface area (Å²) in [6.07, 6.45) is -0.542. The van der Waals surface area contributed by atoms with Crippen molar-refractivity contribution >= 4 is 0 Å². The first-order valence-corrected chi connectivity index (χ1v) is 5.85. The Morgan fingerprint density at radius 2 is 2.00 bits per heavy atom. The summed E-state index contributed by atoms with van der Waals surface area (Å²) in [5.74, 6) is 0.755. The van der Waals surface area contributed by atoms with Crippen molar-refractivity contribution < 1.29 is 13.2 Å². The maximum absolute atomic E-state index is 12.0. The molecule has 0 aromatic rings. The summed E-state index contributed by atoms with van der Waals surface area (Å²) < 4.78 is 36.1. The maximum Gasteiger partial charge on any atom is 0.401 e. The third kappa shape index (κ3) is 5.70. The lowest BCUT2D eigenvalue weighted by molar-refractivity contribution is -0.142. The molecule has 1 aliphatic carbocycles. The predicted molar refractivity (Wildman–Crippen MR) is 58.4 cm³/mol. The van der Waals surface area contributed by atoms with Crippen molar-refractivity contribution in [3.05, 3.63) is 0 Å². The molecule has 2 nitrogen and oxygen atoms in total. The van der Waals surface area contributed by atoms with Gasteiger partial charge in [0.05, 0.1) is 6.54 Å². The SMILES string of the molecule is CC1CCC(NCCN(C)CC(F)(F)F)C1. The van der Waals surface area contributed by atoms with Gasteiger partial charge in [-0.1, -0.05) is 6.92 Å². The molecule has 0 heterocycles. The van der Waals surface area contributed by atoms with Gasteiger partial charge in [-0.2, -0.15) is 13.2 Å². The van der Waals surface area contributed by atoms with Gasteiger partial charge in [0.2, 0.25) is 0 Å². The minimum absolute atomic E-state index is 0.449. The molecule has 0 aliphatic heterocycles. The monoisotopic (exact) mass is 238 g/mol. The highest BCUT2D eigenvalue weighted by Gasteiger charge is 2.29. The van der Waals surface area contributed by atoms with Crippen LogP contribution in [0.1, 0.15) is 26.2 Å². The Kier molecular flexibility index (Phi) is 5.05. The molecule has 5 heteroatoms. The minimum atomic E-state index is -4.09. The lowest BCUT2D eigenvalue weighted by Gasteiger charge is -2.20. The van der Waals surface area contributed by atoms with Gasteiger partial charge >= 0.3 is 6.18 Å². The van der Waals surface area contributed by atoms with Crippen molar-refractivity contribution in [3.8, 4) is 0 Å². The molecule has 0 bridgehead atoms. The second-order valence-corrected chi connectivity index (χ2v) is 4.92. The van der Waals surface area contributed by atoms with Crippen LogP contribution in [0.4, 0.5) is 13.2 Å². The lowest BCUT2D eigenvalue weighted by atomic mass is 10.1. The van der Waals surface area contributed by atoms with Gasteiger partial charge in [0.15, 0.2) is 0 Å². The van der Waals surface area contributed by atoms with Gasteiger partial charge in [-0.25, -0.2) is 0 Å². The minimum Gasteiger partial charge on any atom is -0.313 e. The molecule has 2 unspecified atom stereocenters. The molecular formula is C11H21F3N2. The van der Waals surface area contributed by atoms with Gasteiger partial charge in [-0.15, -0.1) is 0 Å². The lowest BCUT2D eigenvalue weighted by Crippen LogP contribution is -2.38. The third-order valence-electron chi connectivity index (χ3n) is 3.07. The maximum atomic E-state index is 12.0. The molecule has 1 rings (SSSR count). The van der Waals surface area contributed by atoms with Crippen LogP contribution >= 0.6 is 0 Å². The fraction of sp³-hybridized carbons (Fsp3) is 1.00. The zero-order valence-electron chi connectivity index (χ0n) is 9.98. The third-order valence-corrected chi connectivity index (χ3v) is 3.07. The molecule has 96 valence electrons. The Morgan fingerprint density at radius 1 is 1.31 bits per heavy atom. The zero-order valence-corrected chi connectivity index (χ0v) is 9.98. The van der Waals surface area contributed by atoms with E-state index in [2.05, 4.69) is 12.2 Å². The number of hydrogen-bond donors (Lipinski definition) is 1. The van der Waals surface area contributed by atoms with E-state index in [0.717, 1.165) is 18.8 Å². The summed E-state index contributed by atoms with van der Waals surface area (Å²) in [5, 5.41) is 3.32. The van der Waals surface area contributed by atoms with Crippen molar-refractivity contribution in [2.24, 2.45) is 5.92 Å². The highest BCUT2D eigenvalue weighted by molar-refractivity contribution is 4.78. The number of nitrogens with zero attached hydrogens (tertiary/aromatic N) is 1. The van der Waals surface area contributed by atoms with Gasteiger partial charge in [0.1, 0.15) is 0 Å². The van der Waals surface area contributed by atoms with Gasteiger partial charge in [-0.05, 0) is 32.2 Å². The first-order valence-electron chi connectivity index (χ1n) is 5.85. The van der Waals surface area contributed by atoms with Crippen molar-refractivity contribution in [1.29, 1.82) is 0 Å². The van der Waals surface area contributed by atoms with Crippen LogP contribution in [0.3, 0.4) is 0 Å². The molecular weight excluding hydrogens is 217 g/mol. The van der Waals surface area contributed by atoms with Crippen LogP contribution in [0, 0.1) is 5.92 Å². The number of halogens is 3. The molecule has 1 aliphatic rings. The van der Waals surface area contributed by atoms with Crippen LogP contribution in [0.15, 0.2) is 0 Å². The Bertz CT molecular complexity index is 206. The van der Waals surface area contributed by atoms with E-state index < -0.39 is 12.7 Å². The summed E-state index contributed by atoms with van der Waals surface area (Å²) >= 11 is 0. The highest BCUT2D eigenvalue weighted by Crippen LogP contribution is 2.24. The van der Waals surface area contributed by atoms with Crippen LogP contribution in [0.25, 0.3) is 0 Å². The van der Waals surface area contributed by atoms with Crippen LogP contribution in [-0.2, 0) is 0 Å². The first kappa shape index (κ1) is 13.8. The second kappa shape index (κ2) is 5.87. The molecule has 0 aromatic heterocycles. The van der Waals surface area contributed by atoms with Crippen molar-refractivity contribution in [2.75, 3.05) is 26.7 Å². The molecule has 0 spiro atoms. The molecule has 16 heavy (non-hydrogen) atoms. The predicted octanol–water partition coefficient (Wildman–Crippen LogP) is 2.26. The van der Waals surface area contributed by atoms with Crippen LogP contribution in [-0.4, -0.2) is 43.8 Å². The van der Waals surface area contributed by atoms with Gasteiger partial charge < -0.3 is 5.32 Å². The summed E-state index contributed by atoms with van der Waals surface area (Å²) in [6, 6.07) is 0.509. The number of rotatable bonds is 5. The van der Waals surface area contributed by atoms with E-state index in [1.165, 1.54) is 18.4 Å². The van der Waals surface area contributed by atoms with Crippen molar-refractivity contribution in [3.63, 3.8) is 0 Å². The number of hydrogen-bond acceptors (Lipinski definition) is 2. The molecule has 0 amide bonds. The highest BCUT2D eigenvalue weighted by atomic mass is 19.4. The molecule has 2 atom stereocenters. The van der Waals surface area contributed by atoms with E-state index >= 15 is 0 Å². The molecule has 0 saturated heterocycles. The smallest absolute Gasteiger partial charge is 0.313 e. The molecule has 1 fully saturated rings. The second-order valence-electron chi connectivity index (χ2n) is 4.92. The molecule has 1 N–H and O–H groups in total. The summed E-state index contributed by atoms with van der Waals surface area (Å²) in [7, 11) is 1.51. The van der Waals surface area contributed by atoms with Crippen LogP contribution < -0.4 is 5.32 Å². The van der Waals surface area contributed by atoms with Gasteiger partial charge in [0, 0.05) is 19.1 Å². The molecule has 1 saturated carbocycles. The Morgan fingerprint density at radius 3 is 2.50 bits per heavy atom. The summed E-state index contributed by atoms with van der Waals surface area (Å²) in [5.41, 5.74) is 0. The van der Waals surface area contributed by atoms with E-state index in [9.17, 15) is 13.2 Å². The number of alkyl halides is 3. The average molecular weight is 238 g/mol. The fourth-order valence-electron chi connectivity index (χ4n) is 2.24. The zero-order chi connectivity index (χ0) is 12.2. The first-order chi connectivity index (χ1) is 7.37. The quantitative estimate of drug-likeness (QED) is 0.790.